The first-order chi connectivity index (χ1) is 6.37. The minimum Gasteiger partial charge on any atom is -0.506 e. The Labute approximate surface area is 86.9 Å². The second-order valence-electron chi connectivity index (χ2n) is 3.47. The lowest BCUT2D eigenvalue weighted by Gasteiger charge is -2.18. The maximum Gasteiger partial charge on any atom is 0.166 e. The topological polar surface area (TPSA) is 20.2 Å². The van der Waals surface area contributed by atoms with Gasteiger partial charge in [0.25, 0.3) is 0 Å². The Hall–Kier alpha value is -0.855. The van der Waals surface area contributed by atoms with Gasteiger partial charge in [0, 0.05) is 0 Å². The smallest absolute Gasteiger partial charge is 0.166 e. The van der Waals surface area contributed by atoms with Crippen LogP contribution < -0.4 is 16.4 Å². The molecule has 0 aromatic heterocycles. The number of halogens is 1. The van der Waals surface area contributed by atoms with Gasteiger partial charge in [-0.1, -0.05) is 24.8 Å². The van der Waals surface area contributed by atoms with Crippen molar-refractivity contribution in [3.63, 3.8) is 0 Å². The molecule has 0 amide bonds. The maximum absolute atomic E-state index is 13.5. The molecule has 0 aliphatic carbocycles. The predicted molar refractivity (Wildman–Crippen MR) is 58.3 cm³/mol. The lowest BCUT2D eigenvalue weighted by Crippen LogP contribution is -2.42. The van der Waals surface area contributed by atoms with E-state index < -0.39 is 11.6 Å². The summed E-state index contributed by atoms with van der Waals surface area (Å²) in [6, 6.07) is 0. The van der Waals surface area contributed by atoms with E-state index in [0.717, 1.165) is 0 Å². The van der Waals surface area contributed by atoms with E-state index in [1.165, 1.54) is 0 Å². The molecule has 1 aromatic rings. The number of phenolic OH excluding ortho intramolecular Hbond substituents is 1. The summed E-state index contributed by atoms with van der Waals surface area (Å²) in [4.78, 5) is 0. The average Bonchev–Trinajstić information content (AvgIpc) is 2.11. The van der Waals surface area contributed by atoms with E-state index in [2.05, 4.69) is 0 Å². The molecular weight excluding hydrogens is 176 g/mol. The summed E-state index contributed by atoms with van der Waals surface area (Å²) in [5.41, 5.74) is 0.138. The van der Waals surface area contributed by atoms with E-state index in [0.29, 0.717) is 0 Å². The standard InChI is InChI=1S/C9H8B3FO/c1-3(2)4-5(10)6(11)7(12)9(14)8(4)13/h3,14H,1-2H3. The SMILES string of the molecule is [B]c1c([B])c(O)c(F)c(C(C)C)c1[B]. The van der Waals surface area contributed by atoms with Crippen molar-refractivity contribution in [2.45, 2.75) is 19.8 Å². The van der Waals surface area contributed by atoms with Crippen LogP contribution in [0.4, 0.5) is 4.39 Å². The maximum atomic E-state index is 13.5. The van der Waals surface area contributed by atoms with E-state index >= 15 is 0 Å². The molecule has 0 aliphatic heterocycles. The predicted octanol–water partition coefficient (Wildman–Crippen LogP) is -0.964. The molecule has 0 atom stereocenters. The van der Waals surface area contributed by atoms with Gasteiger partial charge in [-0.25, -0.2) is 4.39 Å². The van der Waals surface area contributed by atoms with Gasteiger partial charge in [0.1, 0.15) is 29.3 Å². The van der Waals surface area contributed by atoms with Gasteiger partial charge in [-0.15, -0.1) is 5.46 Å². The normalized spacial score (nSPS) is 10.9. The molecule has 0 saturated carbocycles. The molecule has 1 nitrogen and oxygen atoms in total. The Kier molecular flexibility index (Phi) is 2.98. The van der Waals surface area contributed by atoms with Crippen LogP contribution in [0.15, 0.2) is 0 Å². The average molecular weight is 184 g/mol. The van der Waals surface area contributed by atoms with Crippen molar-refractivity contribution >= 4 is 39.9 Å². The van der Waals surface area contributed by atoms with Crippen LogP contribution in [0.2, 0.25) is 0 Å². The molecule has 0 spiro atoms. The highest BCUT2D eigenvalue weighted by Crippen LogP contribution is 2.20. The Morgan fingerprint density at radius 3 is 2.00 bits per heavy atom. The number of phenols is 1. The minimum atomic E-state index is -0.788. The summed E-state index contributed by atoms with van der Waals surface area (Å²) in [5, 5.41) is 9.31. The molecule has 5 heteroatoms. The van der Waals surface area contributed by atoms with Crippen LogP contribution in [0.3, 0.4) is 0 Å². The Balaban J connectivity index is 3.60. The van der Waals surface area contributed by atoms with Crippen LogP contribution in [0.5, 0.6) is 5.75 Å². The van der Waals surface area contributed by atoms with E-state index in [4.69, 9.17) is 23.5 Å². The number of hydrogen-bond donors (Lipinski definition) is 1. The molecule has 0 bridgehead atoms. The molecule has 66 valence electrons. The summed E-state index contributed by atoms with van der Waals surface area (Å²) >= 11 is 0. The summed E-state index contributed by atoms with van der Waals surface area (Å²) in [6.45, 7) is 3.51. The van der Waals surface area contributed by atoms with Gasteiger partial charge in [0.15, 0.2) is 5.82 Å². The summed E-state index contributed by atoms with van der Waals surface area (Å²) in [7, 11) is 16.5. The Morgan fingerprint density at radius 1 is 1.07 bits per heavy atom. The van der Waals surface area contributed by atoms with Gasteiger partial charge >= 0.3 is 0 Å². The highest BCUT2D eigenvalue weighted by atomic mass is 19.1. The van der Waals surface area contributed by atoms with Gasteiger partial charge in [0.2, 0.25) is 0 Å². The zero-order chi connectivity index (χ0) is 11.0. The van der Waals surface area contributed by atoms with Crippen LogP contribution in [-0.2, 0) is 0 Å². The lowest BCUT2D eigenvalue weighted by molar-refractivity contribution is 0.432. The highest BCUT2D eigenvalue weighted by Gasteiger charge is 2.17. The third-order valence-corrected chi connectivity index (χ3v) is 2.15. The fourth-order valence-corrected chi connectivity index (χ4v) is 1.35. The fourth-order valence-electron chi connectivity index (χ4n) is 1.35. The second-order valence-corrected chi connectivity index (χ2v) is 3.47. The van der Waals surface area contributed by atoms with Crippen molar-refractivity contribution in [3.8, 4) is 5.75 Å². The summed E-state index contributed by atoms with van der Waals surface area (Å²) in [5.74, 6) is -1.58. The van der Waals surface area contributed by atoms with E-state index in [-0.39, 0.29) is 27.9 Å². The Bertz CT molecular complexity index is 348. The second kappa shape index (κ2) is 3.72. The van der Waals surface area contributed by atoms with Gasteiger partial charge in [0.05, 0.1) is 0 Å². The van der Waals surface area contributed by atoms with Gasteiger partial charge in [-0.05, 0) is 11.5 Å². The Morgan fingerprint density at radius 2 is 1.57 bits per heavy atom. The molecular formula is C9H8B3FO. The minimum absolute atomic E-state index is 0.0348. The van der Waals surface area contributed by atoms with E-state index in [9.17, 15) is 9.50 Å². The van der Waals surface area contributed by atoms with Crippen molar-refractivity contribution in [3.05, 3.63) is 11.4 Å². The first-order valence-electron chi connectivity index (χ1n) is 4.22. The molecule has 14 heavy (non-hydrogen) atoms. The zero-order valence-electron chi connectivity index (χ0n) is 8.13. The fraction of sp³-hybridized carbons (Fsp3) is 0.333. The van der Waals surface area contributed by atoms with Crippen LogP contribution >= 0.6 is 0 Å². The van der Waals surface area contributed by atoms with Crippen molar-refractivity contribution < 1.29 is 9.50 Å². The molecule has 0 aliphatic rings. The van der Waals surface area contributed by atoms with Crippen molar-refractivity contribution in [2.24, 2.45) is 0 Å². The van der Waals surface area contributed by atoms with Crippen LogP contribution in [-0.4, -0.2) is 28.6 Å². The lowest BCUT2D eigenvalue weighted by atomic mass is 9.68. The van der Waals surface area contributed by atoms with Crippen LogP contribution in [0.25, 0.3) is 0 Å². The van der Waals surface area contributed by atoms with Gasteiger partial charge < -0.3 is 5.11 Å². The van der Waals surface area contributed by atoms with Crippen LogP contribution in [0.1, 0.15) is 25.3 Å². The summed E-state index contributed by atoms with van der Waals surface area (Å²) < 4.78 is 13.5. The largest absolute Gasteiger partial charge is 0.506 e. The van der Waals surface area contributed by atoms with Crippen molar-refractivity contribution in [2.75, 3.05) is 0 Å². The molecule has 1 aromatic carbocycles. The monoisotopic (exact) mass is 184 g/mol. The quantitative estimate of drug-likeness (QED) is 0.556. The molecule has 0 unspecified atom stereocenters. The van der Waals surface area contributed by atoms with Crippen molar-refractivity contribution in [1.29, 1.82) is 0 Å². The molecule has 0 heterocycles. The number of benzene rings is 1. The highest BCUT2D eigenvalue weighted by molar-refractivity contribution is 6.58. The first-order valence-corrected chi connectivity index (χ1v) is 4.22. The number of aromatic hydroxyl groups is 1. The van der Waals surface area contributed by atoms with Gasteiger partial charge in [-0.3, -0.25) is 0 Å². The molecule has 1 N–H and O–H groups in total. The number of rotatable bonds is 1. The van der Waals surface area contributed by atoms with E-state index in [1.807, 2.05) is 0 Å². The molecule has 1 rings (SSSR count). The third-order valence-electron chi connectivity index (χ3n) is 2.15. The third kappa shape index (κ3) is 1.56. The zero-order valence-corrected chi connectivity index (χ0v) is 8.13. The molecule has 6 radical (unpaired) electrons. The molecule has 0 fully saturated rings. The van der Waals surface area contributed by atoms with Crippen molar-refractivity contribution in [1.82, 2.24) is 0 Å². The van der Waals surface area contributed by atoms with E-state index in [1.54, 1.807) is 13.8 Å². The summed E-state index contributed by atoms with van der Waals surface area (Å²) in [6.07, 6.45) is 0. The molecule has 0 saturated heterocycles. The number of hydrogen-bond acceptors (Lipinski definition) is 1. The van der Waals surface area contributed by atoms with Gasteiger partial charge in [-0.2, -0.15) is 0 Å². The van der Waals surface area contributed by atoms with Crippen LogP contribution in [0, 0.1) is 5.82 Å². The first kappa shape index (κ1) is 11.2.